The van der Waals surface area contributed by atoms with Gasteiger partial charge in [0.15, 0.2) is 9.84 Å². The van der Waals surface area contributed by atoms with Gasteiger partial charge in [-0.15, -0.1) is 0 Å². The number of piperidine rings is 1. The summed E-state index contributed by atoms with van der Waals surface area (Å²) in [5.41, 5.74) is 0. The van der Waals surface area contributed by atoms with Gasteiger partial charge in [0.25, 0.3) is 0 Å². The zero-order chi connectivity index (χ0) is 12.6. The molecule has 3 rings (SSSR count). The number of hydrogen-bond acceptors (Lipinski definition) is 4. The van der Waals surface area contributed by atoms with Gasteiger partial charge in [-0.05, 0) is 51.2 Å². The van der Waals surface area contributed by atoms with Crippen LogP contribution in [-0.4, -0.2) is 56.5 Å². The fraction of sp³-hybridized carbons (Fsp3) is 1.00. The third-order valence-corrected chi connectivity index (χ3v) is 6.26. The second-order valence-electron chi connectivity index (χ2n) is 6.20. The topological polar surface area (TPSA) is 49.4 Å². The first-order valence-corrected chi connectivity index (χ1v) is 9.14. The Morgan fingerprint density at radius 3 is 2.44 bits per heavy atom. The first-order valence-electron chi connectivity index (χ1n) is 7.32. The molecule has 2 heterocycles. The number of likely N-dealkylation sites (tertiary alicyclic amines) is 1. The molecule has 2 aliphatic heterocycles. The van der Waals surface area contributed by atoms with Crippen molar-refractivity contribution in [3.05, 3.63) is 0 Å². The normalized spacial score (nSPS) is 36.9. The highest BCUT2D eigenvalue weighted by atomic mass is 32.2. The van der Waals surface area contributed by atoms with Gasteiger partial charge in [0.05, 0.1) is 11.5 Å². The van der Waals surface area contributed by atoms with Crippen LogP contribution in [0.1, 0.15) is 32.1 Å². The summed E-state index contributed by atoms with van der Waals surface area (Å²) in [5.74, 6) is 1.53. The number of nitrogens with one attached hydrogen (secondary N) is 1. The maximum Gasteiger partial charge on any atom is 0.153 e. The third kappa shape index (κ3) is 3.06. The van der Waals surface area contributed by atoms with Gasteiger partial charge < -0.3 is 5.32 Å². The summed E-state index contributed by atoms with van der Waals surface area (Å²) in [7, 11) is -2.83. The van der Waals surface area contributed by atoms with E-state index in [0.29, 0.717) is 11.5 Å². The van der Waals surface area contributed by atoms with Crippen molar-refractivity contribution < 1.29 is 8.42 Å². The number of nitrogens with zero attached hydrogens (tertiary/aromatic N) is 1. The molecule has 1 N–H and O–H groups in total. The average molecular weight is 272 g/mol. The second kappa shape index (κ2) is 5.10. The fourth-order valence-electron chi connectivity index (χ4n) is 3.27. The van der Waals surface area contributed by atoms with Crippen LogP contribution in [0.25, 0.3) is 0 Å². The van der Waals surface area contributed by atoms with Crippen molar-refractivity contribution >= 4 is 9.84 Å². The van der Waals surface area contributed by atoms with E-state index >= 15 is 0 Å². The van der Waals surface area contributed by atoms with E-state index in [1.165, 1.54) is 32.1 Å². The van der Waals surface area contributed by atoms with Crippen LogP contribution in [0.15, 0.2) is 0 Å². The molecule has 18 heavy (non-hydrogen) atoms. The van der Waals surface area contributed by atoms with Crippen LogP contribution < -0.4 is 5.32 Å². The predicted octanol–water partition coefficient (Wildman–Crippen LogP) is 0.638. The number of sulfone groups is 1. The smallest absolute Gasteiger partial charge is 0.153 e. The quantitative estimate of drug-likeness (QED) is 0.816. The zero-order valence-electron chi connectivity index (χ0n) is 11.0. The van der Waals surface area contributed by atoms with Gasteiger partial charge in [-0.3, -0.25) is 4.90 Å². The molecule has 0 aromatic rings. The van der Waals surface area contributed by atoms with Crippen molar-refractivity contribution in [1.29, 1.82) is 0 Å². The average Bonchev–Trinajstić information content (AvgIpc) is 3.12. The molecule has 0 amide bonds. The Labute approximate surface area is 110 Å². The molecule has 0 radical (unpaired) electrons. The molecule has 1 aliphatic carbocycles. The van der Waals surface area contributed by atoms with E-state index in [1.807, 2.05) is 0 Å². The lowest BCUT2D eigenvalue weighted by molar-refractivity contribution is 0.155. The van der Waals surface area contributed by atoms with Gasteiger partial charge in [0, 0.05) is 12.1 Å². The molecule has 104 valence electrons. The highest BCUT2D eigenvalue weighted by Crippen LogP contribution is 2.29. The molecule has 3 aliphatic rings. The van der Waals surface area contributed by atoms with E-state index in [4.69, 9.17) is 0 Å². The molecular weight excluding hydrogens is 248 g/mol. The molecule has 2 atom stereocenters. The van der Waals surface area contributed by atoms with Crippen LogP contribution in [0.5, 0.6) is 0 Å². The lowest BCUT2D eigenvalue weighted by Crippen LogP contribution is -2.51. The molecule has 4 nitrogen and oxygen atoms in total. The Morgan fingerprint density at radius 1 is 1.06 bits per heavy atom. The SMILES string of the molecule is O=S1(=O)C[C@H](NCC2CC2)[C@H](N2CCCCC2)C1. The van der Waals surface area contributed by atoms with Gasteiger partial charge in [-0.25, -0.2) is 8.42 Å². The lowest BCUT2D eigenvalue weighted by atomic mass is 10.0. The van der Waals surface area contributed by atoms with E-state index in [1.54, 1.807) is 0 Å². The molecule has 0 aromatic heterocycles. The Morgan fingerprint density at radius 2 is 1.78 bits per heavy atom. The summed E-state index contributed by atoms with van der Waals surface area (Å²) in [6.07, 6.45) is 6.40. The van der Waals surface area contributed by atoms with Crippen molar-refractivity contribution in [2.75, 3.05) is 31.1 Å². The largest absolute Gasteiger partial charge is 0.311 e. The van der Waals surface area contributed by atoms with Crippen LogP contribution >= 0.6 is 0 Å². The summed E-state index contributed by atoms with van der Waals surface area (Å²) in [4.78, 5) is 2.42. The van der Waals surface area contributed by atoms with E-state index in [0.717, 1.165) is 25.6 Å². The van der Waals surface area contributed by atoms with Gasteiger partial charge in [0.1, 0.15) is 0 Å². The van der Waals surface area contributed by atoms with E-state index < -0.39 is 9.84 Å². The van der Waals surface area contributed by atoms with Crippen LogP contribution in [0, 0.1) is 5.92 Å². The predicted molar refractivity (Wildman–Crippen MR) is 72.4 cm³/mol. The highest BCUT2D eigenvalue weighted by Gasteiger charge is 2.41. The number of rotatable bonds is 4. The monoisotopic (exact) mass is 272 g/mol. The lowest BCUT2D eigenvalue weighted by Gasteiger charge is -2.35. The molecule has 2 saturated heterocycles. The summed E-state index contributed by atoms with van der Waals surface area (Å²) in [6, 6.07) is 0.405. The molecule has 1 saturated carbocycles. The van der Waals surface area contributed by atoms with Crippen molar-refractivity contribution in [3.8, 4) is 0 Å². The maximum atomic E-state index is 11.9. The van der Waals surface area contributed by atoms with E-state index in [-0.39, 0.29) is 12.1 Å². The van der Waals surface area contributed by atoms with Gasteiger partial charge >= 0.3 is 0 Å². The highest BCUT2D eigenvalue weighted by molar-refractivity contribution is 7.91. The zero-order valence-corrected chi connectivity index (χ0v) is 11.8. The second-order valence-corrected chi connectivity index (χ2v) is 8.35. The van der Waals surface area contributed by atoms with Gasteiger partial charge in [-0.1, -0.05) is 6.42 Å². The Kier molecular flexibility index (Phi) is 3.65. The van der Waals surface area contributed by atoms with Gasteiger partial charge in [0.2, 0.25) is 0 Å². The first-order chi connectivity index (χ1) is 8.64. The standard InChI is InChI=1S/C13H24N2O2S/c16-18(17)9-12(14-8-11-4-5-11)13(10-18)15-6-2-1-3-7-15/h11-14H,1-10H2/t12-,13+/m0/s1. The summed E-state index contributed by atoms with van der Waals surface area (Å²) in [5, 5.41) is 3.53. The maximum absolute atomic E-state index is 11.9. The molecule has 5 heteroatoms. The van der Waals surface area contributed by atoms with Crippen LogP contribution in [0.3, 0.4) is 0 Å². The van der Waals surface area contributed by atoms with Crippen LogP contribution in [0.4, 0.5) is 0 Å². The molecule has 0 unspecified atom stereocenters. The molecular formula is C13H24N2O2S. The summed E-state index contributed by atoms with van der Waals surface area (Å²) >= 11 is 0. The minimum atomic E-state index is -2.83. The van der Waals surface area contributed by atoms with Crippen molar-refractivity contribution in [2.45, 2.75) is 44.2 Å². The molecule has 3 fully saturated rings. The molecule has 0 aromatic carbocycles. The summed E-state index contributed by atoms with van der Waals surface area (Å²) in [6.45, 7) is 3.19. The van der Waals surface area contributed by atoms with E-state index in [2.05, 4.69) is 10.2 Å². The van der Waals surface area contributed by atoms with E-state index in [9.17, 15) is 8.42 Å². The molecule has 0 bridgehead atoms. The van der Waals surface area contributed by atoms with Crippen LogP contribution in [0.2, 0.25) is 0 Å². The Bertz CT molecular complexity index is 386. The van der Waals surface area contributed by atoms with Crippen molar-refractivity contribution in [1.82, 2.24) is 10.2 Å². The summed E-state index contributed by atoms with van der Waals surface area (Å²) < 4.78 is 23.8. The van der Waals surface area contributed by atoms with Crippen molar-refractivity contribution in [2.24, 2.45) is 5.92 Å². The Balaban J connectivity index is 1.63. The van der Waals surface area contributed by atoms with Crippen molar-refractivity contribution in [3.63, 3.8) is 0 Å². The Hall–Kier alpha value is -0.130. The third-order valence-electron chi connectivity index (χ3n) is 4.55. The fourth-order valence-corrected chi connectivity index (χ4v) is 5.26. The first kappa shape index (κ1) is 12.9. The van der Waals surface area contributed by atoms with Crippen LogP contribution in [-0.2, 0) is 9.84 Å². The number of hydrogen-bond donors (Lipinski definition) is 1. The minimum Gasteiger partial charge on any atom is -0.311 e. The van der Waals surface area contributed by atoms with Gasteiger partial charge in [-0.2, -0.15) is 0 Å². The minimum absolute atomic E-state index is 0.175. The molecule has 0 spiro atoms.